The molecule has 1 aromatic carbocycles. The van der Waals surface area contributed by atoms with Crippen molar-refractivity contribution >= 4 is 28.3 Å². The van der Waals surface area contributed by atoms with Crippen LogP contribution in [0.3, 0.4) is 0 Å². The van der Waals surface area contributed by atoms with E-state index in [4.69, 9.17) is 4.42 Å². The zero-order chi connectivity index (χ0) is 21.5. The van der Waals surface area contributed by atoms with Gasteiger partial charge in [0.2, 0.25) is 5.91 Å². The number of thiazole rings is 1. The Morgan fingerprint density at radius 3 is 2.65 bits per heavy atom. The van der Waals surface area contributed by atoms with E-state index in [1.54, 1.807) is 12.1 Å². The van der Waals surface area contributed by atoms with E-state index in [0.717, 1.165) is 30.9 Å². The summed E-state index contributed by atoms with van der Waals surface area (Å²) < 4.78 is 5.16. The molecular weight excluding hydrogens is 412 g/mol. The van der Waals surface area contributed by atoms with Crippen molar-refractivity contribution in [3.8, 4) is 0 Å². The van der Waals surface area contributed by atoms with E-state index >= 15 is 0 Å². The molecule has 2 amide bonds. The first-order valence-corrected chi connectivity index (χ1v) is 11.4. The van der Waals surface area contributed by atoms with Crippen LogP contribution in [0.1, 0.15) is 41.1 Å². The minimum absolute atomic E-state index is 0.170. The van der Waals surface area contributed by atoms with E-state index in [2.05, 4.69) is 20.5 Å². The van der Waals surface area contributed by atoms with Crippen molar-refractivity contribution in [1.29, 1.82) is 0 Å². The van der Waals surface area contributed by atoms with Gasteiger partial charge < -0.3 is 15.1 Å². The molecule has 0 aliphatic carbocycles. The van der Waals surface area contributed by atoms with E-state index in [-0.39, 0.29) is 11.7 Å². The molecular formula is C23H26N4O3S. The molecule has 2 aromatic heterocycles. The molecule has 1 atom stereocenters. The molecule has 0 bridgehead atoms. The first-order chi connectivity index (χ1) is 15.2. The number of aromatic nitrogens is 1. The third-order valence-corrected chi connectivity index (χ3v) is 6.07. The molecule has 1 saturated heterocycles. The molecule has 8 heteroatoms. The van der Waals surface area contributed by atoms with E-state index < -0.39 is 11.9 Å². The van der Waals surface area contributed by atoms with E-state index in [1.807, 2.05) is 35.7 Å². The highest BCUT2D eigenvalue weighted by molar-refractivity contribution is 7.13. The standard InChI is InChI=1S/C23H26N4O3S/c28-21(26-23-24-18(16-31-23)15-27-11-5-2-6-12-27)19(14-17-8-3-1-4-9-17)25-22(29)20-10-7-13-30-20/h1,3-4,7-10,13,16,19H,2,5-6,11-12,14-15H2,(H,25,29)(H,24,26,28)/t19-/m0/s1. The van der Waals surface area contributed by atoms with Crippen molar-refractivity contribution in [3.63, 3.8) is 0 Å². The maximum atomic E-state index is 13.0. The molecule has 1 fully saturated rings. The molecule has 162 valence electrons. The molecule has 3 heterocycles. The van der Waals surface area contributed by atoms with Gasteiger partial charge in [0.25, 0.3) is 5.91 Å². The molecule has 1 aliphatic heterocycles. The summed E-state index contributed by atoms with van der Waals surface area (Å²) in [5.41, 5.74) is 1.91. The first kappa shape index (κ1) is 21.3. The van der Waals surface area contributed by atoms with Gasteiger partial charge in [-0.25, -0.2) is 4.98 Å². The number of carbonyl (C=O) groups is 2. The molecule has 0 spiro atoms. The number of amides is 2. The largest absolute Gasteiger partial charge is 0.459 e. The van der Waals surface area contributed by atoms with Crippen LogP contribution in [0.15, 0.2) is 58.5 Å². The summed E-state index contributed by atoms with van der Waals surface area (Å²) in [7, 11) is 0. The summed E-state index contributed by atoms with van der Waals surface area (Å²) >= 11 is 1.41. The van der Waals surface area contributed by atoms with Crippen molar-refractivity contribution in [2.75, 3.05) is 18.4 Å². The van der Waals surface area contributed by atoms with Gasteiger partial charge in [0.05, 0.1) is 12.0 Å². The second-order valence-electron chi connectivity index (χ2n) is 7.66. The molecule has 0 unspecified atom stereocenters. The molecule has 3 aromatic rings. The maximum Gasteiger partial charge on any atom is 0.287 e. The summed E-state index contributed by atoms with van der Waals surface area (Å²) in [6.45, 7) is 2.99. The van der Waals surface area contributed by atoms with Crippen LogP contribution in [0, 0.1) is 0 Å². The van der Waals surface area contributed by atoms with Crippen molar-refractivity contribution in [2.24, 2.45) is 0 Å². The van der Waals surface area contributed by atoms with Crippen LogP contribution in [0.4, 0.5) is 5.13 Å². The summed E-state index contributed by atoms with van der Waals surface area (Å²) in [5.74, 6) is -0.558. The predicted octanol–water partition coefficient (Wildman–Crippen LogP) is 3.70. The van der Waals surface area contributed by atoms with Gasteiger partial charge >= 0.3 is 0 Å². The Balaban J connectivity index is 1.41. The zero-order valence-electron chi connectivity index (χ0n) is 17.3. The number of nitrogens with one attached hydrogen (secondary N) is 2. The van der Waals surface area contributed by atoms with Gasteiger partial charge in [0.15, 0.2) is 10.9 Å². The lowest BCUT2D eigenvalue weighted by Gasteiger charge is -2.25. The maximum absolute atomic E-state index is 13.0. The fourth-order valence-electron chi connectivity index (χ4n) is 3.67. The Kier molecular flexibility index (Phi) is 7.11. The predicted molar refractivity (Wildman–Crippen MR) is 120 cm³/mol. The Hall–Kier alpha value is -2.97. The first-order valence-electron chi connectivity index (χ1n) is 10.5. The Morgan fingerprint density at radius 1 is 1.10 bits per heavy atom. The number of likely N-dealkylation sites (tertiary alicyclic amines) is 1. The molecule has 0 saturated carbocycles. The number of piperidine rings is 1. The number of nitrogens with zero attached hydrogens (tertiary/aromatic N) is 2. The number of carbonyl (C=O) groups excluding carboxylic acids is 2. The topological polar surface area (TPSA) is 87.5 Å². The minimum Gasteiger partial charge on any atom is -0.459 e. The average molecular weight is 439 g/mol. The minimum atomic E-state index is -0.755. The number of benzene rings is 1. The van der Waals surface area contributed by atoms with Crippen LogP contribution in [0.25, 0.3) is 0 Å². The molecule has 7 nitrogen and oxygen atoms in total. The quantitative estimate of drug-likeness (QED) is 0.560. The van der Waals surface area contributed by atoms with Gasteiger partial charge in [-0.3, -0.25) is 14.5 Å². The van der Waals surface area contributed by atoms with Crippen molar-refractivity contribution < 1.29 is 14.0 Å². The smallest absolute Gasteiger partial charge is 0.287 e. The highest BCUT2D eigenvalue weighted by Crippen LogP contribution is 2.19. The van der Waals surface area contributed by atoms with Gasteiger partial charge in [-0.1, -0.05) is 36.8 Å². The fourth-order valence-corrected chi connectivity index (χ4v) is 4.38. The zero-order valence-corrected chi connectivity index (χ0v) is 18.1. The normalized spacial score (nSPS) is 15.4. The van der Waals surface area contributed by atoms with Crippen molar-refractivity contribution in [1.82, 2.24) is 15.2 Å². The number of hydrogen-bond acceptors (Lipinski definition) is 6. The molecule has 1 aliphatic rings. The monoisotopic (exact) mass is 438 g/mol. The van der Waals surface area contributed by atoms with Gasteiger partial charge in [-0.2, -0.15) is 0 Å². The van der Waals surface area contributed by atoms with E-state index in [1.165, 1.54) is 36.9 Å². The summed E-state index contributed by atoms with van der Waals surface area (Å²) in [6, 6.07) is 12.0. The summed E-state index contributed by atoms with van der Waals surface area (Å²) in [6.07, 6.45) is 5.54. The molecule has 31 heavy (non-hydrogen) atoms. The van der Waals surface area contributed by atoms with Crippen LogP contribution in [-0.2, 0) is 17.8 Å². The Morgan fingerprint density at radius 2 is 1.90 bits per heavy atom. The van der Waals surface area contributed by atoms with Crippen LogP contribution in [0.2, 0.25) is 0 Å². The van der Waals surface area contributed by atoms with Gasteiger partial charge in [0, 0.05) is 18.3 Å². The lowest BCUT2D eigenvalue weighted by atomic mass is 10.1. The second-order valence-corrected chi connectivity index (χ2v) is 8.52. The third kappa shape index (κ3) is 6.02. The van der Waals surface area contributed by atoms with Gasteiger partial charge in [-0.15, -0.1) is 11.3 Å². The lowest BCUT2D eigenvalue weighted by Crippen LogP contribution is -2.45. The lowest BCUT2D eigenvalue weighted by molar-refractivity contribution is -0.118. The molecule has 4 rings (SSSR count). The van der Waals surface area contributed by atoms with E-state index in [0.29, 0.717) is 11.6 Å². The Labute approximate surface area is 185 Å². The van der Waals surface area contributed by atoms with Crippen LogP contribution >= 0.6 is 11.3 Å². The summed E-state index contributed by atoms with van der Waals surface area (Å²) in [5, 5.41) is 8.19. The van der Waals surface area contributed by atoms with Crippen LogP contribution in [-0.4, -0.2) is 40.8 Å². The number of furan rings is 1. The van der Waals surface area contributed by atoms with Crippen molar-refractivity contribution in [2.45, 2.75) is 38.3 Å². The number of rotatable bonds is 8. The second kappa shape index (κ2) is 10.4. The SMILES string of the molecule is O=C(N[C@@H](Cc1ccccc1)C(=O)Nc1nc(CN2CCCCC2)cs1)c1ccco1. The van der Waals surface area contributed by atoms with Gasteiger partial charge in [0.1, 0.15) is 6.04 Å². The fraction of sp³-hybridized carbons (Fsp3) is 0.348. The van der Waals surface area contributed by atoms with Crippen molar-refractivity contribution in [3.05, 3.63) is 71.1 Å². The van der Waals surface area contributed by atoms with Crippen LogP contribution in [0.5, 0.6) is 0 Å². The molecule has 2 N–H and O–H groups in total. The highest BCUT2D eigenvalue weighted by atomic mass is 32.1. The Bertz CT molecular complexity index is 981. The van der Waals surface area contributed by atoms with Crippen LogP contribution < -0.4 is 10.6 Å². The number of anilines is 1. The summed E-state index contributed by atoms with van der Waals surface area (Å²) in [4.78, 5) is 32.5. The number of hydrogen-bond donors (Lipinski definition) is 2. The third-order valence-electron chi connectivity index (χ3n) is 5.27. The highest BCUT2D eigenvalue weighted by Gasteiger charge is 2.24. The average Bonchev–Trinajstić information content (AvgIpc) is 3.47. The van der Waals surface area contributed by atoms with Gasteiger partial charge in [-0.05, 0) is 43.6 Å². The van der Waals surface area contributed by atoms with E-state index in [9.17, 15) is 9.59 Å². The molecule has 0 radical (unpaired) electrons.